The SMILES string of the molecule is CC1CC(C)CN(CCOCCN)C1.Cl. The van der Waals surface area contributed by atoms with Crippen molar-refractivity contribution in [2.75, 3.05) is 39.4 Å². The predicted molar refractivity (Wildman–Crippen MR) is 66.5 cm³/mol. The second kappa shape index (κ2) is 8.34. The highest BCUT2D eigenvalue weighted by atomic mass is 35.5. The van der Waals surface area contributed by atoms with Gasteiger partial charge in [-0.25, -0.2) is 0 Å². The Balaban J connectivity index is 0.00000196. The lowest BCUT2D eigenvalue weighted by atomic mass is 9.92. The van der Waals surface area contributed by atoms with Crippen molar-refractivity contribution >= 4 is 12.4 Å². The molecule has 0 aromatic heterocycles. The molecule has 1 aliphatic heterocycles. The van der Waals surface area contributed by atoms with Crippen LogP contribution >= 0.6 is 12.4 Å². The van der Waals surface area contributed by atoms with E-state index in [0.717, 1.165) is 25.0 Å². The number of likely N-dealkylation sites (tertiary alicyclic amines) is 1. The van der Waals surface area contributed by atoms with E-state index in [1.54, 1.807) is 0 Å². The number of rotatable bonds is 5. The van der Waals surface area contributed by atoms with E-state index < -0.39 is 0 Å². The Labute approximate surface area is 99.7 Å². The third-order valence-electron chi connectivity index (χ3n) is 2.76. The number of piperidine rings is 1. The van der Waals surface area contributed by atoms with Gasteiger partial charge in [-0.3, -0.25) is 0 Å². The van der Waals surface area contributed by atoms with E-state index in [1.807, 2.05) is 0 Å². The van der Waals surface area contributed by atoms with E-state index in [4.69, 9.17) is 10.5 Å². The summed E-state index contributed by atoms with van der Waals surface area (Å²) in [5, 5.41) is 0. The molecule has 0 amide bonds. The van der Waals surface area contributed by atoms with Crippen molar-refractivity contribution in [2.24, 2.45) is 17.6 Å². The Morgan fingerprint density at radius 3 is 2.33 bits per heavy atom. The van der Waals surface area contributed by atoms with E-state index in [-0.39, 0.29) is 12.4 Å². The molecule has 0 spiro atoms. The minimum Gasteiger partial charge on any atom is -0.379 e. The van der Waals surface area contributed by atoms with Gasteiger partial charge >= 0.3 is 0 Å². The summed E-state index contributed by atoms with van der Waals surface area (Å²) in [5.41, 5.74) is 5.35. The quantitative estimate of drug-likeness (QED) is 0.733. The predicted octanol–water partition coefficient (Wildman–Crippen LogP) is 1.36. The summed E-state index contributed by atoms with van der Waals surface area (Å²) in [6, 6.07) is 0. The number of nitrogens with zero attached hydrogens (tertiary/aromatic N) is 1. The van der Waals surface area contributed by atoms with Crippen molar-refractivity contribution in [3.8, 4) is 0 Å². The van der Waals surface area contributed by atoms with Crippen LogP contribution in [0.3, 0.4) is 0 Å². The van der Waals surface area contributed by atoms with Crippen LogP contribution in [0.4, 0.5) is 0 Å². The molecular formula is C11H25ClN2O. The summed E-state index contributed by atoms with van der Waals surface area (Å²) in [5.74, 6) is 1.68. The van der Waals surface area contributed by atoms with Gasteiger partial charge in [0.2, 0.25) is 0 Å². The molecule has 15 heavy (non-hydrogen) atoms. The fraction of sp³-hybridized carbons (Fsp3) is 1.00. The number of nitrogens with two attached hydrogens (primary N) is 1. The lowest BCUT2D eigenvalue weighted by Crippen LogP contribution is -2.40. The Morgan fingerprint density at radius 2 is 1.80 bits per heavy atom. The van der Waals surface area contributed by atoms with E-state index in [9.17, 15) is 0 Å². The summed E-state index contributed by atoms with van der Waals surface area (Å²) < 4.78 is 5.39. The van der Waals surface area contributed by atoms with E-state index in [2.05, 4.69) is 18.7 Å². The van der Waals surface area contributed by atoms with Gasteiger partial charge in [-0.2, -0.15) is 0 Å². The molecule has 0 bridgehead atoms. The van der Waals surface area contributed by atoms with Crippen molar-refractivity contribution < 1.29 is 4.74 Å². The van der Waals surface area contributed by atoms with Crippen molar-refractivity contribution in [3.05, 3.63) is 0 Å². The van der Waals surface area contributed by atoms with Gasteiger partial charge in [0.25, 0.3) is 0 Å². The summed E-state index contributed by atoms with van der Waals surface area (Å²) in [7, 11) is 0. The van der Waals surface area contributed by atoms with E-state index in [0.29, 0.717) is 13.2 Å². The average molecular weight is 237 g/mol. The van der Waals surface area contributed by atoms with Crippen LogP contribution in [-0.2, 0) is 4.74 Å². The average Bonchev–Trinajstić information content (AvgIpc) is 2.11. The molecule has 1 heterocycles. The van der Waals surface area contributed by atoms with Crippen LogP contribution in [0.2, 0.25) is 0 Å². The van der Waals surface area contributed by atoms with Gasteiger partial charge < -0.3 is 15.4 Å². The topological polar surface area (TPSA) is 38.5 Å². The highest BCUT2D eigenvalue weighted by Crippen LogP contribution is 2.20. The summed E-state index contributed by atoms with van der Waals surface area (Å²) >= 11 is 0. The third-order valence-corrected chi connectivity index (χ3v) is 2.76. The van der Waals surface area contributed by atoms with Gasteiger partial charge in [0.05, 0.1) is 13.2 Å². The molecule has 1 aliphatic rings. The van der Waals surface area contributed by atoms with Crippen molar-refractivity contribution in [3.63, 3.8) is 0 Å². The zero-order valence-electron chi connectivity index (χ0n) is 9.95. The van der Waals surface area contributed by atoms with Crippen LogP contribution in [-0.4, -0.2) is 44.3 Å². The van der Waals surface area contributed by atoms with E-state index in [1.165, 1.54) is 19.5 Å². The first-order chi connectivity index (χ1) is 6.72. The molecule has 1 saturated heterocycles. The molecule has 2 atom stereocenters. The highest BCUT2D eigenvalue weighted by molar-refractivity contribution is 5.85. The summed E-state index contributed by atoms with van der Waals surface area (Å²) in [4.78, 5) is 2.51. The number of ether oxygens (including phenoxy) is 1. The molecule has 92 valence electrons. The van der Waals surface area contributed by atoms with Crippen LogP contribution in [0.25, 0.3) is 0 Å². The van der Waals surface area contributed by atoms with Crippen molar-refractivity contribution in [1.29, 1.82) is 0 Å². The van der Waals surface area contributed by atoms with Crippen molar-refractivity contribution in [1.82, 2.24) is 4.90 Å². The van der Waals surface area contributed by atoms with Gasteiger partial charge in [0, 0.05) is 26.2 Å². The standard InChI is InChI=1S/C11H24N2O.ClH/c1-10-7-11(2)9-13(8-10)4-6-14-5-3-12;/h10-11H,3-9,12H2,1-2H3;1H. The van der Waals surface area contributed by atoms with Crippen LogP contribution < -0.4 is 5.73 Å². The van der Waals surface area contributed by atoms with Crippen LogP contribution in [0.1, 0.15) is 20.3 Å². The first kappa shape index (κ1) is 15.2. The van der Waals surface area contributed by atoms with Gasteiger partial charge in [0.15, 0.2) is 0 Å². The van der Waals surface area contributed by atoms with Gasteiger partial charge in [-0.1, -0.05) is 13.8 Å². The lowest BCUT2D eigenvalue weighted by Gasteiger charge is -2.34. The molecule has 4 heteroatoms. The zero-order chi connectivity index (χ0) is 10.4. The molecule has 0 aromatic rings. The molecule has 1 rings (SSSR count). The van der Waals surface area contributed by atoms with E-state index >= 15 is 0 Å². The monoisotopic (exact) mass is 236 g/mol. The maximum atomic E-state index is 5.39. The molecule has 3 nitrogen and oxygen atoms in total. The second-order valence-electron chi connectivity index (χ2n) is 4.61. The molecule has 0 radical (unpaired) electrons. The minimum absolute atomic E-state index is 0. The molecule has 2 N–H and O–H groups in total. The number of halogens is 1. The zero-order valence-corrected chi connectivity index (χ0v) is 10.8. The normalized spacial score (nSPS) is 27.4. The van der Waals surface area contributed by atoms with Gasteiger partial charge in [-0.05, 0) is 18.3 Å². The third kappa shape index (κ3) is 6.36. The number of hydrogen-bond acceptors (Lipinski definition) is 3. The maximum absolute atomic E-state index is 5.39. The molecule has 1 fully saturated rings. The Kier molecular flexibility index (Phi) is 8.43. The maximum Gasteiger partial charge on any atom is 0.0594 e. The summed E-state index contributed by atoms with van der Waals surface area (Å²) in [6.07, 6.45) is 1.38. The molecule has 0 aliphatic carbocycles. The lowest BCUT2D eigenvalue weighted by molar-refractivity contribution is 0.0769. The molecule has 0 aromatic carbocycles. The van der Waals surface area contributed by atoms with Crippen LogP contribution in [0.5, 0.6) is 0 Å². The van der Waals surface area contributed by atoms with Gasteiger partial charge in [-0.15, -0.1) is 12.4 Å². The molecule has 0 saturated carbocycles. The van der Waals surface area contributed by atoms with Crippen molar-refractivity contribution in [2.45, 2.75) is 20.3 Å². The second-order valence-corrected chi connectivity index (χ2v) is 4.61. The Bertz CT molecular complexity index is 148. The largest absolute Gasteiger partial charge is 0.379 e. The molecular weight excluding hydrogens is 212 g/mol. The first-order valence-corrected chi connectivity index (χ1v) is 5.72. The minimum atomic E-state index is 0. The smallest absolute Gasteiger partial charge is 0.0594 e. The highest BCUT2D eigenvalue weighted by Gasteiger charge is 2.20. The van der Waals surface area contributed by atoms with Crippen LogP contribution in [0.15, 0.2) is 0 Å². The van der Waals surface area contributed by atoms with Crippen LogP contribution in [0, 0.1) is 11.8 Å². The molecule has 2 unspecified atom stereocenters. The fourth-order valence-electron chi connectivity index (χ4n) is 2.35. The van der Waals surface area contributed by atoms with Gasteiger partial charge in [0.1, 0.15) is 0 Å². The Hall–Kier alpha value is 0.170. The first-order valence-electron chi connectivity index (χ1n) is 5.72. The fourth-order valence-corrected chi connectivity index (χ4v) is 2.35. The summed E-state index contributed by atoms with van der Waals surface area (Å²) in [6.45, 7) is 10.4. The Morgan fingerprint density at radius 1 is 1.20 bits per heavy atom. The number of hydrogen-bond donors (Lipinski definition) is 1.